The fourth-order valence-electron chi connectivity index (χ4n) is 2.74. The van der Waals surface area contributed by atoms with Crippen molar-refractivity contribution in [3.8, 4) is 0 Å². The van der Waals surface area contributed by atoms with E-state index in [4.69, 9.17) is 16.3 Å². The minimum absolute atomic E-state index is 0.0800. The molecule has 24 heavy (non-hydrogen) atoms. The van der Waals surface area contributed by atoms with Crippen LogP contribution in [0.2, 0.25) is 5.02 Å². The first-order chi connectivity index (χ1) is 11.5. The van der Waals surface area contributed by atoms with Gasteiger partial charge >= 0.3 is 5.97 Å². The van der Waals surface area contributed by atoms with E-state index in [0.29, 0.717) is 16.3 Å². The second-order valence-corrected chi connectivity index (χ2v) is 5.66. The third-order valence-corrected chi connectivity index (χ3v) is 4.09. The molecule has 0 saturated carbocycles. The van der Waals surface area contributed by atoms with Crippen LogP contribution in [0.3, 0.4) is 0 Å². The number of nitrogens with zero attached hydrogens (tertiary/aromatic N) is 1. The van der Waals surface area contributed by atoms with Gasteiger partial charge in [0.25, 0.3) is 5.91 Å². The van der Waals surface area contributed by atoms with Crippen molar-refractivity contribution in [2.24, 2.45) is 0 Å². The summed E-state index contributed by atoms with van der Waals surface area (Å²) >= 11 is 5.90. The number of methoxy groups -OCH3 is 1. The Hall–Kier alpha value is -2.79. The second-order valence-electron chi connectivity index (χ2n) is 5.22. The third-order valence-electron chi connectivity index (χ3n) is 3.83. The first kappa shape index (κ1) is 16.1. The van der Waals surface area contributed by atoms with Gasteiger partial charge in [0.15, 0.2) is 5.76 Å². The number of aliphatic hydroxyl groups excluding tert-OH is 1. The first-order valence-corrected chi connectivity index (χ1v) is 7.58. The van der Waals surface area contributed by atoms with Gasteiger partial charge in [0.05, 0.1) is 13.2 Å². The van der Waals surface area contributed by atoms with Crippen molar-refractivity contribution in [3.63, 3.8) is 0 Å². The Morgan fingerprint density at radius 3 is 2.33 bits per heavy atom. The molecule has 0 aromatic heterocycles. The molecule has 5 nitrogen and oxygen atoms in total. The maximum Gasteiger partial charge on any atom is 0.340 e. The van der Waals surface area contributed by atoms with Gasteiger partial charge in [-0.1, -0.05) is 41.9 Å². The third kappa shape index (κ3) is 2.63. The number of ether oxygens (including phenoxy) is 1. The molecule has 0 aliphatic carbocycles. The van der Waals surface area contributed by atoms with Crippen molar-refractivity contribution in [1.82, 2.24) is 0 Å². The number of anilines is 1. The number of hydrogen-bond donors (Lipinski definition) is 1. The Labute approximate surface area is 143 Å². The highest BCUT2D eigenvalue weighted by Gasteiger charge is 2.45. The zero-order valence-corrected chi connectivity index (χ0v) is 13.5. The highest BCUT2D eigenvalue weighted by atomic mass is 35.5. The van der Waals surface area contributed by atoms with Crippen molar-refractivity contribution in [2.45, 2.75) is 6.04 Å². The predicted octanol–water partition coefficient (Wildman–Crippen LogP) is 3.41. The van der Waals surface area contributed by atoms with Crippen LogP contribution in [0.5, 0.6) is 0 Å². The van der Waals surface area contributed by atoms with E-state index < -0.39 is 23.7 Å². The summed E-state index contributed by atoms with van der Waals surface area (Å²) in [6.45, 7) is 0. The molecule has 1 atom stereocenters. The van der Waals surface area contributed by atoms with Crippen molar-refractivity contribution < 1.29 is 19.4 Å². The molecule has 2 aromatic rings. The molecule has 3 rings (SSSR count). The molecule has 1 heterocycles. The zero-order chi connectivity index (χ0) is 17.3. The fraction of sp³-hybridized carbons (Fsp3) is 0.111. The first-order valence-electron chi connectivity index (χ1n) is 7.20. The summed E-state index contributed by atoms with van der Waals surface area (Å²) in [4.78, 5) is 26.1. The monoisotopic (exact) mass is 343 g/mol. The van der Waals surface area contributed by atoms with Crippen LogP contribution in [-0.2, 0) is 14.3 Å². The number of halogens is 1. The van der Waals surface area contributed by atoms with Crippen molar-refractivity contribution in [1.29, 1.82) is 0 Å². The number of benzene rings is 2. The summed E-state index contributed by atoms with van der Waals surface area (Å²) in [5.41, 5.74) is 1.12. The SMILES string of the molecule is COC(=O)C1=C(O)C(=O)N(c2ccc(Cl)cc2)C1c1ccccc1. The van der Waals surface area contributed by atoms with E-state index in [1.165, 1.54) is 12.0 Å². The topological polar surface area (TPSA) is 66.8 Å². The van der Waals surface area contributed by atoms with Crippen LogP contribution < -0.4 is 4.90 Å². The molecule has 1 aliphatic heterocycles. The van der Waals surface area contributed by atoms with E-state index in [0.717, 1.165) is 0 Å². The lowest BCUT2D eigenvalue weighted by Gasteiger charge is -2.26. The van der Waals surface area contributed by atoms with Gasteiger partial charge in [-0.15, -0.1) is 0 Å². The van der Waals surface area contributed by atoms with Crippen LogP contribution in [0.4, 0.5) is 5.69 Å². The lowest BCUT2D eigenvalue weighted by Crippen LogP contribution is -2.31. The lowest BCUT2D eigenvalue weighted by atomic mass is 9.99. The van der Waals surface area contributed by atoms with E-state index in [1.54, 1.807) is 48.5 Å². The maximum absolute atomic E-state index is 12.6. The van der Waals surface area contributed by atoms with Gasteiger partial charge in [0.2, 0.25) is 0 Å². The molecular weight excluding hydrogens is 330 g/mol. The molecule has 122 valence electrons. The highest BCUT2D eigenvalue weighted by molar-refractivity contribution is 6.30. The van der Waals surface area contributed by atoms with Crippen LogP contribution >= 0.6 is 11.6 Å². The Kier molecular flexibility index (Phi) is 4.27. The Morgan fingerprint density at radius 2 is 1.75 bits per heavy atom. The quantitative estimate of drug-likeness (QED) is 0.867. The molecule has 0 spiro atoms. The van der Waals surface area contributed by atoms with Crippen LogP contribution in [-0.4, -0.2) is 24.1 Å². The molecule has 0 saturated heterocycles. The number of carbonyl (C=O) groups is 2. The molecule has 0 bridgehead atoms. The van der Waals surface area contributed by atoms with Gasteiger partial charge in [-0.2, -0.15) is 0 Å². The van der Waals surface area contributed by atoms with Crippen molar-refractivity contribution in [2.75, 3.05) is 12.0 Å². The predicted molar refractivity (Wildman–Crippen MR) is 89.8 cm³/mol. The Bertz CT molecular complexity index is 815. The van der Waals surface area contributed by atoms with E-state index in [2.05, 4.69) is 0 Å². The summed E-state index contributed by atoms with van der Waals surface area (Å²) in [6.07, 6.45) is 0. The smallest absolute Gasteiger partial charge is 0.340 e. The average Bonchev–Trinajstić information content (AvgIpc) is 2.87. The molecule has 0 radical (unpaired) electrons. The maximum atomic E-state index is 12.6. The average molecular weight is 344 g/mol. The molecule has 1 amide bonds. The summed E-state index contributed by atoms with van der Waals surface area (Å²) in [5.74, 6) is -2.01. The van der Waals surface area contributed by atoms with E-state index in [-0.39, 0.29) is 5.57 Å². The van der Waals surface area contributed by atoms with E-state index in [1.807, 2.05) is 6.07 Å². The molecule has 1 N–H and O–H groups in total. The van der Waals surface area contributed by atoms with Gasteiger partial charge in [0.1, 0.15) is 5.57 Å². The summed E-state index contributed by atoms with van der Waals surface area (Å²) in [7, 11) is 1.21. The summed E-state index contributed by atoms with van der Waals surface area (Å²) in [6, 6.07) is 14.8. The molecule has 1 unspecified atom stereocenters. The van der Waals surface area contributed by atoms with Gasteiger partial charge in [0, 0.05) is 10.7 Å². The van der Waals surface area contributed by atoms with Gasteiger partial charge in [-0.05, 0) is 29.8 Å². The second kappa shape index (κ2) is 6.37. The van der Waals surface area contributed by atoms with Gasteiger partial charge in [-0.25, -0.2) is 4.79 Å². The molecule has 6 heteroatoms. The number of aliphatic hydroxyl groups is 1. The Balaban J connectivity index is 2.16. The molecule has 1 aliphatic rings. The lowest BCUT2D eigenvalue weighted by molar-refractivity contribution is -0.136. The summed E-state index contributed by atoms with van der Waals surface area (Å²) < 4.78 is 4.75. The number of hydrogen-bond acceptors (Lipinski definition) is 4. The van der Waals surface area contributed by atoms with Crippen LogP contribution in [0, 0.1) is 0 Å². The van der Waals surface area contributed by atoms with Crippen molar-refractivity contribution in [3.05, 3.63) is 76.5 Å². The largest absolute Gasteiger partial charge is 0.503 e. The zero-order valence-electron chi connectivity index (χ0n) is 12.8. The van der Waals surface area contributed by atoms with Crippen LogP contribution in [0.15, 0.2) is 65.9 Å². The molecule has 2 aromatic carbocycles. The fourth-order valence-corrected chi connectivity index (χ4v) is 2.87. The number of rotatable bonds is 3. The normalized spacial score (nSPS) is 17.3. The van der Waals surface area contributed by atoms with Gasteiger partial charge in [-0.3, -0.25) is 9.69 Å². The summed E-state index contributed by atoms with van der Waals surface area (Å²) in [5, 5.41) is 10.8. The van der Waals surface area contributed by atoms with Gasteiger partial charge < -0.3 is 9.84 Å². The van der Waals surface area contributed by atoms with Crippen LogP contribution in [0.25, 0.3) is 0 Å². The van der Waals surface area contributed by atoms with E-state index >= 15 is 0 Å². The minimum Gasteiger partial charge on any atom is -0.503 e. The van der Waals surface area contributed by atoms with Crippen molar-refractivity contribution >= 4 is 29.2 Å². The highest BCUT2D eigenvalue weighted by Crippen LogP contribution is 2.41. The standard InChI is InChI=1S/C18H14ClNO4/c1-24-18(23)14-15(11-5-3-2-4-6-11)20(17(22)16(14)21)13-9-7-12(19)8-10-13/h2-10,15,21H,1H3. The molecule has 0 fully saturated rings. The van der Waals surface area contributed by atoms with E-state index in [9.17, 15) is 14.7 Å². The number of carbonyl (C=O) groups excluding carboxylic acids is 2. The molecular formula is C18H14ClNO4. The number of amides is 1. The number of esters is 1. The minimum atomic E-state index is -0.771. The van der Waals surface area contributed by atoms with Crippen LogP contribution in [0.1, 0.15) is 11.6 Å². The Morgan fingerprint density at radius 1 is 1.12 bits per heavy atom.